The number of nitrogens with one attached hydrogen (secondary N) is 2. The molecule has 6 nitrogen and oxygen atoms in total. The number of nitrogens with zero attached hydrogens (tertiary/aromatic N) is 1. The summed E-state index contributed by atoms with van der Waals surface area (Å²) in [5, 5.41) is 5.69. The quantitative estimate of drug-likeness (QED) is 0.793. The van der Waals surface area contributed by atoms with Crippen LogP contribution in [0.3, 0.4) is 0 Å². The van der Waals surface area contributed by atoms with Gasteiger partial charge >= 0.3 is 6.03 Å². The van der Waals surface area contributed by atoms with Crippen LogP contribution in [0, 0.1) is 5.92 Å². The fourth-order valence-corrected chi connectivity index (χ4v) is 3.76. The van der Waals surface area contributed by atoms with Gasteiger partial charge in [0.05, 0.1) is 23.9 Å². The van der Waals surface area contributed by atoms with E-state index in [9.17, 15) is 9.59 Å². The third-order valence-corrected chi connectivity index (χ3v) is 5.07. The van der Waals surface area contributed by atoms with Gasteiger partial charge in [-0.25, -0.2) is 4.79 Å². The second-order valence-electron chi connectivity index (χ2n) is 7.85. The monoisotopic (exact) mass is 391 g/mol. The van der Waals surface area contributed by atoms with Crippen LogP contribution < -0.4 is 15.4 Å². The Kier molecular flexibility index (Phi) is 5.25. The Morgan fingerprint density at radius 1 is 1.07 bits per heavy atom. The van der Waals surface area contributed by atoms with Crippen molar-refractivity contribution in [1.82, 2.24) is 15.5 Å². The number of ether oxygens (including phenoxy) is 1. The number of hydrogen-bond acceptors (Lipinski definition) is 3. The Hall–Kier alpha value is -3.28. The first-order valence-electron chi connectivity index (χ1n) is 9.88. The van der Waals surface area contributed by atoms with Crippen molar-refractivity contribution in [3.05, 3.63) is 77.0 Å². The zero-order chi connectivity index (χ0) is 20.4. The first kappa shape index (κ1) is 19.1. The molecule has 2 aromatic rings. The minimum absolute atomic E-state index is 0.0180. The van der Waals surface area contributed by atoms with Crippen molar-refractivity contribution in [1.29, 1.82) is 0 Å². The summed E-state index contributed by atoms with van der Waals surface area (Å²) in [6.07, 6.45) is 0. The molecule has 29 heavy (non-hydrogen) atoms. The van der Waals surface area contributed by atoms with Gasteiger partial charge in [-0.2, -0.15) is 0 Å². The molecule has 2 aliphatic rings. The molecular formula is C23H25N3O3. The minimum atomic E-state index is -0.452. The molecule has 0 unspecified atom stereocenters. The molecule has 0 aliphatic carbocycles. The third-order valence-electron chi connectivity index (χ3n) is 5.07. The number of urea groups is 1. The van der Waals surface area contributed by atoms with E-state index in [-0.39, 0.29) is 11.9 Å². The Bertz CT molecular complexity index is 936. The van der Waals surface area contributed by atoms with Gasteiger partial charge in [0.2, 0.25) is 0 Å². The number of amides is 3. The summed E-state index contributed by atoms with van der Waals surface area (Å²) in [4.78, 5) is 26.9. The molecule has 2 aromatic carbocycles. The van der Waals surface area contributed by atoms with Crippen LogP contribution in [0.25, 0.3) is 0 Å². The average Bonchev–Trinajstić information content (AvgIpc) is 3.01. The van der Waals surface area contributed by atoms with Gasteiger partial charge in [0.15, 0.2) is 0 Å². The van der Waals surface area contributed by atoms with Crippen molar-refractivity contribution in [2.24, 2.45) is 5.92 Å². The summed E-state index contributed by atoms with van der Waals surface area (Å²) in [5.74, 6) is 1.09. The van der Waals surface area contributed by atoms with E-state index in [0.717, 1.165) is 16.9 Å². The SMILES string of the molecule is CC(C)CN1CC2=C(C1=O)[C@H](c1ccc(OCc3ccccc3)cc1)NC(=O)N2. The normalized spacial score (nSPS) is 18.6. The van der Waals surface area contributed by atoms with E-state index < -0.39 is 6.04 Å². The lowest BCUT2D eigenvalue weighted by Gasteiger charge is -2.25. The van der Waals surface area contributed by atoms with Gasteiger partial charge < -0.3 is 20.3 Å². The maximum Gasteiger partial charge on any atom is 0.319 e. The summed E-state index contributed by atoms with van der Waals surface area (Å²) in [7, 11) is 0. The highest BCUT2D eigenvalue weighted by molar-refractivity contribution is 6.01. The zero-order valence-electron chi connectivity index (χ0n) is 16.6. The van der Waals surface area contributed by atoms with E-state index in [1.54, 1.807) is 4.90 Å². The number of hydrogen-bond donors (Lipinski definition) is 2. The number of benzene rings is 2. The lowest BCUT2D eigenvalue weighted by Crippen LogP contribution is -2.44. The highest BCUT2D eigenvalue weighted by atomic mass is 16.5. The molecule has 2 heterocycles. The molecule has 3 amide bonds. The molecule has 4 rings (SSSR count). The van der Waals surface area contributed by atoms with Crippen LogP contribution in [-0.2, 0) is 11.4 Å². The lowest BCUT2D eigenvalue weighted by molar-refractivity contribution is -0.126. The molecule has 6 heteroatoms. The zero-order valence-corrected chi connectivity index (χ0v) is 16.6. The Labute approximate surface area is 170 Å². The molecule has 0 saturated heterocycles. The van der Waals surface area contributed by atoms with Gasteiger partial charge in [-0.05, 0) is 29.2 Å². The van der Waals surface area contributed by atoms with Gasteiger partial charge in [-0.3, -0.25) is 4.79 Å². The fourth-order valence-electron chi connectivity index (χ4n) is 3.76. The van der Waals surface area contributed by atoms with Crippen molar-refractivity contribution in [3.8, 4) is 5.75 Å². The predicted octanol–water partition coefficient (Wildman–Crippen LogP) is 3.37. The molecule has 1 atom stereocenters. The molecule has 2 N–H and O–H groups in total. The minimum Gasteiger partial charge on any atom is -0.489 e. The lowest BCUT2D eigenvalue weighted by atomic mass is 9.96. The van der Waals surface area contributed by atoms with Crippen molar-refractivity contribution in [3.63, 3.8) is 0 Å². The molecule has 150 valence electrons. The van der Waals surface area contributed by atoms with Crippen LogP contribution in [0.2, 0.25) is 0 Å². The van der Waals surface area contributed by atoms with Crippen molar-refractivity contribution in [2.45, 2.75) is 26.5 Å². The number of carbonyl (C=O) groups excluding carboxylic acids is 2. The Morgan fingerprint density at radius 2 is 1.79 bits per heavy atom. The van der Waals surface area contributed by atoms with Crippen molar-refractivity contribution >= 4 is 11.9 Å². The van der Waals surface area contributed by atoms with Crippen LogP contribution in [0.4, 0.5) is 4.79 Å². The van der Waals surface area contributed by atoms with Crippen LogP contribution >= 0.6 is 0 Å². The standard InChI is InChI=1S/C23H25N3O3/c1-15(2)12-26-13-19-20(22(26)27)21(25-23(28)24-19)17-8-10-18(11-9-17)29-14-16-6-4-3-5-7-16/h3-11,15,21H,12-14H2,1-2H3,(H2,24,25,28)/t21-/m0/s1. The van der Waals surface area contributed by atoms with E-state index in [1.807, 2.05) is 54.6 Å². The molecule has 0 radical (unpaired) electrons. The second-order valence-corrected chi connectivity index (χ2v) is 7.85. The fraction of sp³-hybridized carbons (Fsp3) is 0.304. The van der Waals surface area contributed by atoms with Crippen LogP contribution in [0.5, 0.6) is 5.75 Å². The van der Waals surface area contributed by atoms with E-state index >= 15 is 0 Å². The van der Waals surface area contributed by atoms with Crippen molar-refractivity contribution in [2.75, 3.05) is 13.1 Å². The molecule has 0 aromatic heterocycles. The van der Waals surface area contributed by atoms with E-state index in [0.29, 0.717) is 36.9 Å². The largest absolute Gasteiger partial charge is 0.489 e. The Morgan fingerprint density at radius 3 is 2.48 bits per heavy atom. The number of rotatable bonds is 6. The molecular weight excluding hydrogens is 366 g/mol. The van der Waals surface area contributed by atoms with Gasteiger partial charge in [-0.1, -0.05) is 56.3 Å². The molecule has 0 spiro atoms. The van der Waals surface area contributed by atoms with Crippen LogP contribution in [-0.4, -0.2) is 29.9 Å². The second kappa shape index (κ2) is 7.99. The van der Waals surface area contributed by atoms with E-state index in [1.165, 1.54) is 0 Å². The average molecular weight is 391 g/mol. The molecule has 2 aliphatic heterocycles. The van der Waals surface area contributed by atoms with Crippen molar-refractivity contribution < 1.29 is 14.3 Å². The molecule has 0 bridgehead atoms. The highest BCUT2D eigenvalue weighted by Gasteiger charge is 2.40. The summed E-state index contributed by atoms with van der Waals surface area (Å²) < 4.78 is 5.84. The van der Waals surface area contributed by atoms with Gasteiger partial charge in [0, 0.05) is 6.54 Å². The third kappa shape index (κ3) is 4.11. The van der Waals surface area contributed by atoms with Crippen LogP contribution in [0.1, 0.15) is 31.0 Å². The maximum atomic E-state index is 12.9. The van der Waals surface area contributed by atoms with E-state index in [4.69, 9.17) is 4.74 Å². The highest BCUT2D eigenvalue weighted by Crippen LogP contribution is 2.33. The topological polar surface area (TPSA) is 70.7 Å². The van der Waals surface area contributed by atoms with Gasteiger partial charge in [0.1, 0.15) is 12.4 Å². The predicted molar refractivity (Wildman–Crippen MR) is 110 cm³/mol. The van der Waals surface area contributed by atoms with E-state index in [2.05, 4.69) is 24.5 Å². The molecule has 0 fully saturated rings. The first-order valence-corrected chi connectivity index (χ1v) is 9.88. The first-order chi connectivity index (χ1) is 14.0. The van der Waals surface area contributed by atoms with Crippen LogP contribution in [0.15, 0.2) is 65.9 Å². The summed E-state index contributed by atoms with van der Waals surface area (Å²) >= 11 is 0. The van der Waals surface area contributed by atoms with Gasteiger partial charge in [-0.15, -0.1) is 0 Å². The van der Waals surface area contributed by atoms with Gasteiger partial charge in [0.25, 0.3) is 5.91 Å². The summed E-state index contributed by atoms with van der Waals surface area (Å²) in [6, 6.07) is 16.8. The molecule has 0 saturated carbocycles. The summed E-state index contributed by atoms with van der Waals surface area (Å²) in [6.45, 7) is 5.76. The maximum absolute atomic E-state index is 12.9. The smallest absolute Gasteiger partial charge is 0.319 e. The Balaban J connectivity index is 1.50. The summed E-state index contributed by atoms with van der Waals surface area (Å²) in [5.41, 5.74) is 3.29. The number of carbonyl (C=O) groups is 2.